The van der Waals surface area contributed by atoms with E-state index < -0.39 is 0 Å². The van der Waals surface area contributed by atoms with Crippen molar-refractivity contribution < 1.29 is 0 Å². The second-order valence-electron chi connectivity index (χ2n) is 4.55. The predicted molar refractivity (Wildman–Crippen MR) is 66.7 cm³/mol. The molecule has 0 aliphatic heterocycles. The predicted octanol–water partition coefficient (Wildman–Crippen LogP) is 3.87. The fraction of sp³-hybridized carbons (Fsp3) is 0.750. The van der Waals surface area contributed by atoms with Crippen LogP contribution in [0.25, 0.3) is 0 Å². The first-order valence-corrected chi connectivity index (χ1v) is 6.80. The van der Waals surface area contributed by atoms with Gasteiger partial charge in [0, 0.05) is 17.6 Å². The number of aromatic nitrogens is 1. The van der Waals surface area contributed by atoms with Crippen LogP contribution in [0.15, 0.2) is 6.20 Å². The SMILES string of the molecule is CCNc1ncc(C2CCC(C)CC2)s1. The molecule has 0 radical (unpaired) electrons. The van der Waals surface area contributed by atoms with Crippen LogP contribution in [-0.2, 0) is 0 Å². The van der Waals surface area contributed by atoms with Crippen molar-refractivity contribution >= 4 is 16.5 Å². The lowest BCUT2D eigenvalue weighted by Crippen LogP contribution is -2.09. The van der Waals surface area contributed by atoms with E-state index in [0.717, 1.165) is 23.5 Å². The molecule has 0 spiro atoms. The summed E-state index contributed by atoms with van der Waals surface area (Å²) in [4.78, 5) is 5.89. The summed E-state index contributed by atoms with van der Waals surface area (Å²) in [7, 11) is 0. The van der Waals surface area contributed by atoms with E-state index in [9.17, 15) is 0 Å². The highest BCUT2D eigenvalue weighted by atomic mass is 32.1. The molecule has 2 rings (SSSR count). The first-order chi connectivity index (χ1) is 7.29. The van der Waals surface area contributed by atoms with Crippen molar-refractivity contribution in [2.45, 2.75) is 45.4 Å². The lowest BCUT2D eigenvalue weighted by molar-refractivity contribution is 0.350. The normalized spacial score (nSPS) is 26.5. The summed E-state index contributed by atoms with van der Waals surface area (Å²) in [6.07, 6.45) is 7.56. The van der Waals surface area contributed by atoms with E-state index in [1.807, 2.05) is 11.3 Å². The van der Waals surface area contributed by atoms with Crippen LogP contribution >= 0.6 is 11.3 Å². The van der Waals surface area contributed by atoms with Crippen LogP contribution in [0.3, 0.4) is 0 Å². The Morgan fingerprint density at radius 2 is 2.13 bits per heavy atom. The molecule has 1 N–H and O–H groups in total. The third-order valence-corrected chi connectivity index (χ3v) is 4.39. The second kappa shape index (κ2) is 4.97. The molecule has 1 saturated carbocycles. The Bertz CT molecular complexity index is 300. The van der Waals surface area contributed by atoms with Crippen LogP contribution in [0, 0.1) is 5.92 Å². The molecule has 1 aliphatic carbocycles. The zero-order chi connectivity index (χ0) is 10.7. The van der Waals surface area contributed by atoms with Crippen molar-refractivity contribution in [3.05, 3.63) is 11.1 Å². The van der Waals surface area contributed by atoms with Gasteiger partial charge in [-0.15, -0.1) is 11.3 Å². The smallest absolute Gasteiger partial charge is 0.182 e. The van der Waals surface area contributed by atoms with Gasteiger partial charge in [-0.25, -0.2) is 4.98 Å². The molecule has 0 atom stereocenters. The molecule has 1 aliphatic rings. The zero-order valence-electron chi connectivity index (χ0n) is 9.62. The third kappa shape index (κ3) is 2.71. The number of nitrogens with zero attached hydrogens (tertiary/aromatic N) is 1. The van der Waals surface area contributed by atoms with E-state index in [0.29, 0.717) is 0 Å². The van der Waals surface area contributed by atoms with Gasteiger partial charge in [0.2, 0.25) is 0 Å². The Labute approximate surface area is 96.1 Å². The fourth-order valence-corrected chi connectivity index (χ4v) is 3.31. The van der Waals surface area contributed by atoms with Crippen molar-refractivity contribution in [1.29, 1.82) is 0 Å². The summed E-state index contributed by atoms with van der Waals surface area (Å²) >= 11 is 1.84. The minimum absolute atomic E-state index is 0.783. The average molecular weight is 224 g/mol. The molecule has 2 nitrogen and oxygen atoms in total. The maximum absolute atomic E-state index is 4.41. The van der Waals surface area contributed by atoms with Crippen molar-refractivity contribution in [1.82, 2.24) is 4.98 Å². The first-order valence-electron chi connectivity index (χ1n) is 5.99. The van der Waals surface area contributed by atoms with Crippen LogP contribution < -0.4 is 5.32 Å². The Hall–Kier alpha value is -0.570. The zero-order valence-corrected chi connectivity index (χ0v) is 10.4. The van der Waals surface area contributed by atoms with Gasteiger partial charge in [-0.05, 0) is 31.6 Å². The highest BCUT2D eigenvalue weighted by molar-refractivity contribution is 7.15. The standard InChI is InChI=1S/C12H20N2S/c1-3-13-12-14-8-11(15-12)10-6-4-9(2)5-7-10/h8-10H,3-7H2,1-2H3,(H,13,14). The van der Waals surface area contributed by atoms with Crippen molar-refractivity contribution in [2.24, 2.45) is 5.92 Å². The first kappa shape index (κ1) is 10.9. The maximum atomic E-state index is 4.41. The van der Waals surface area contributed by atoms with Crippen molar-refractivity contribution in [2.75, 3.05) is 11.9 Å². The van der Waals surface area contributed by atoms with Gasteiger partial charge in [0.1, 0.15) is 0 Å². The number of hydrogen-bond acceptors (Lipinski definition) is 3. The summed E-state index contributed by atoms with van der Waals surface area (Å²) < 4.78 is 0. The fourth-order valence-electron chi connectivity index (χ4n) is 2.25. The largest absolute Gasteiger partial charge is 0.362 e. The highest BCUT2D eigenvalue weighted by Gasteiger charge is 2.21. The van der Waals surface area contributed by atoms with Gasteiger partial charge in [0.15, 0.2) is 5.13 Å². The molecule has 0 amide bonds. The summed E-state index contributed by atoms with van der Waals surface area (Å²) in [6.45, 7) is 5.45. The van der Waals surface area contributed by atoms with E-state index in [4.69, 9.17) is 0 Å². The van der Waals surface area contributed by atoms with E-state index in [-0.39, 0.29) is 0 Å². The summed E-state index contributed by atoms with van der Waals surface area (Å²) in [5.74, 6) is 1.72. The molecule has 1 aromatic rings. The second-order valence-corrected chi connectivity index (χ2v) is 5.62. The van der Waals surface area contributed by atoms with Crippen LogP contribution in [0.4, 0.5) is 5.13 Å². The average Bonchev–Trinajstić information content (AvgIpc) is 2.68. The van der Waals surface area contributed by atoms with Gasteiger partial charge in [0.25, 0.3) is 0 Å². The third-order valence-electron chi connectivity index (χ3n) is 3.27. The number of anilines is 1. The van der Waals surface area contributed by atoms with Gasteiger partial charge in [-0.1, -0.05) is 19.8 Å². The maximum Gasteiger partial charge on any atom is 0.182 e. The summed E-state index contributed by atoms with van der Waals surface area (Å²) in [5, 5.41) is 4.37. The topological polar surface area (TPSA) is 24.9 Å². The van der Waals surface area contributed by atoms with E-state index in [1.165, 1.54) is 30.6 Å². The molecule has 1 aromatic heterocycles. The quantitative estimate of drug-likeness (QED) is 0.843. The lowest BCUT2D eigenvalue weighted by Gasteiger charge is -2.24. The van der Waals surface area contributed by atoms with Gasteiger partial charge in [-0.3, -0.25) is 0 Å². The molecule has 1 heterocycles. The van der Waals surface area contributed by atoms with E-state index >= 15 is 0 Å². The van der Waals surface area contributed by atoms with Crippen molar-refractivity contribution in [3.8, 4) is 0 Å². The molecular formula is C12H20N2S. The van der Waals surface area contributed by atoms with E-state index in [1.54, 1.807) is 0 Å². The van der Waals surface area contributed by atoms with E-state index in [2.05, 4.69) is 30.3 Å². The molecule has 15 heavy (non-hydrogen) atoms. The molecule has 0 aromatic carbocycles. The van der Waals surface area contributed by atoms with Gasteiger partial charge in [0.05, 0.1) is 0 Å². The Morgan fingerprint density at radius 1 is 1.40 bits per heavy atom. The monoisotopic (exact) mass is 224 g/mol. The molecule has 0 saturated heterocycles. The molecule has 84 valence electrons. The summed E-state index contributed by atoms with van der Waals surface area (Å²) in [6, 6.07) is 0. The van der Waals surface area contributed by atoms with Crippen molar-refractivity contribution in [3.63, 3.8) is 0 Å². The number of nitrogens with one attached hydrogen (secondary N) is 1. The molecule has 0 bridgehead atoms. The Morgan fingerprint density at radius 3 is 2.80 bits per heavy atom. The number of thiazole rings is 1. The van der Waals surface area contributed by atoms with Crippen LogP contribution in [-0.4, -0.2) is 11.5 Å². The molecule has 3 heteroatoms. The molecule has 0 unspecified atom stereocenters. The minimum atomic E-state index is 0.783. The lowest BCUT2D eigenvalue weighted by atomic mass is 9.82. The van der Waals surface area contributed by atoms with Crippen LogP contribution in [0.1, 0.15) is 50.3 Å². The van der Waals surface area contributed by atoms with Gasteiger partial charge in [-0.2, -0.15) is 0 Å². The highest BCUT2D eigenvalue weighted by Crippen LogP contribution is 2.38. The minimum Gasteiger partial charge on any atom is -0.362 e. The van der Waals surface area contributed by atoms with Crippen LogP contribution in [0.5, 0.6) is 0 Å². The van der Waals surface area contributed by atoms with Gasteiger partial charge < -0.3 is 5.32 Å². The summed E-state index contributed by atoms with van der Waals surface area (Å²) in [5.41, 5.74) is 0. The Balaban J connectivity index is 1.96. The van der Waals surface area contributed by atoms with Crippen LogP contribution in [0.2, 0.25) is 0 Å². The number of hydrogen-bond donors (Lipinski definition) is 1. The number of rotatable bonds is 3. The molecule has 1 fully saturated rings. The molecular weight excluding hydrogens is 204 g/mol. The Kier molecular flexibility index (Phi) is 3.62. The van der Waals surface area contributed by atoms with Gasteiger partial charge >= 0.3 is 0 Å².